The second-order valence-corrected chi connectivity index (χ2v) is 3.56. The first-order valence-electron chi connectivity index (χ1n) is 5.40. The molecule has 6 nitrogen and oxygen atoms in total. The number of aromatic hydroxyl groups is 1. The quantitative estimate of drug-likeness (QED) is 0.834. The monoisotopic (exact) mass is 234 g/mol. The Balaban J connectivity index is 2.10. The van der Waals surface area contributed by atoms with Crippen LogP contribution in [-0.2, 0) is 17.9 Å². The van der Waals surface area contributed by atoms with Gasteiger partial charge in [0, 0.05) is 13.0 Å². The van der Waals surface area contributed by atoms with E-state index in [2.05, 4.69) is 15.5 Å². The molecule has 0 atom stereocenters. The van der Waals surface area contributed by atoms with Gasteiger partial charge in [-0.15, -0.1) is 5.10 Å². The summed E-state index contributed by atoms with van der Waals surface area (Å²) in [5.41, 5.74) is 0.956. The number of phenolic OH excluding ortho intramolecular Hbond substituents is 1. The Morgan fingerprint density at radius 1 is 1.41 bits per heavy atom. The average molecular weight is 234 g/mol. The molecule has 0 radical (unpaired) electrons. The van der Waals surface area contributed by atoms with Gasteiger partial charge in [0.05, 0.1) is 0 Å². The number of tetrazole rings is 1. The third-order valence-corrected chi connectivity index (χ3v) is 2.30. The zero-order chi connectivity index (χ0) is 12.1. The molecule has 0 unspecified atom stereocenters. The molecular formula is C11H14N4O2. The molecule has 0 saturated heterocycles. The lowest BCUT2D eigenvalue weighted by atomic mass is 10.1. The van der Waals surface area contributed by atoms with Crippen LogP contribution in [0.2, 0.25) is 0 Å². The smallest absolute Gasteiger partial charge is 0.158 e. The Hall–Kier alpha value is -1.95. The van der Waals surface area contributed by atoms with E-state index in [0.717, 1.165) is 5.56 Å². The highest BCUT2D eigenvalue weighted by Gasteiger charge is 2.07. The Kier molecular flexibility index (Phi) is 3.66. The molecule has 1 aromatic carbocycles. The fourth-order valence-electron chi connectivity index (χ4n) is 1.48. The second kappa shape index (κ2) is 5.40. The van der Waals surface area contributed by atoms with Crippen LogP contribution < -0.4 is 0 Å². The topological polar surface area (TPSA) is 73.1 Å². The zero-order valence-corrected chi connectivity index (χ0v) is 9.58. The Morgan fingerprint density at radius 3 is 3.06 bits per heavy atom. The van der Waals surface area contributed by atoms with Crippen molar-refractivity contribution in [2.24, 2.45) is 0 Å². The predicted octanol–water partition coefficient (Wildman–Crippen LogP) is 0.964. The van der Waals surface area contributed by atoms with Gasteiger partial charge in [-0.2, -0.15) is 0 Å². The molecule has 6 heteroatoms. The van der Waals surface area contributed by atoms with E-state index in [-0.39, 0.29) is 5.75 Å². The molecule has 2 aromatic rings. The lowest BCUT2D eigenvalue weighted by molar-refractivity contribution is 0.0758. The molecule has 90 valence electrons. The number of benzene rings is 1. The minimum absolute atomic E-state index is 0.242. The standard InChI is InChI=1S/C11H14N4O2/c1-2-17-8-15-11(12-13-14-15)7-9-4-3-5-10(16)6-9/h3-6,16H,2,7-8H2,1H3. The van der Waals surface area contributed by atoms with Crippen molar-refractivity contribution in [1.29, 1.82) is 0 Å². The lowest BCUT2D eigenvalue weighted by Crippen LogP contribution is -2.09. The SMILES string of the molecule is CCOCn1nnnc1Cc1cccc(O)c1. The van der Waals surface area contributed by atoms with Gasteiger partial charge < -0.3 is 9.84 Å². The lowest BCUT2D eigenvalue weighted by Gasteiger charge is -2.04. The van der Waals surface area contributed by atoms with E-state index < -0.39 is 0 Å². The molecule has 0 fully saturated rings. The molecule has 0 bridgehead atoms. The van der Waals surface area contributed by atoms with Gasteiger partial charge in [-0.25, -0.2) is 4.68 Å². The van der Waals surface area contributed by atoms with Crippen LogP contribution in [0.3, 0.4) is 0 Å². The molecule has 1 heterocycles. The number of hydrogen-bond acceptors (Lipinski definition) is 5. The third kappa shape index (κ3) is 3.01. The predicted molar refractivity (Wildman–Crippen MR) is 60.4 cm³/mol. The fraction of sp³-hybridized carbons (Fsp3) is 0.364. The summed E-state index contributed by atoms with van der Waals surface area (Å²) in [4.78, 5) is 0. The largest absolute Gasteiger partial charge is 0.508 e. The Labute approximate surface area is 98.8 Å². The highest BCUT2D eigenvalue weighted by atomic mass is 16.5. The van der Waals surface area contributed by atoms with Crippen molar-refractivity contribution in [3.05, 3.63) is 35.7 Å². The van der Waals surface area contributed by atoms with Crippen LogP contribution in [0.5, 0.6) is 5.75 Å². The highest BCUT2D eigenvalue weighted by Crippen LogP contribution is 2.13. The first-order chi connectivity index (χ1) is 8.29. The van der Waals surface area contributed by atoms with E-state index in [4.69, 9.17) is 4.74 Å². The molecule has 0 saturated carbocycles. The normalized spacial score (nSPS) is 10.6. The van der Waals surface area contributed by atoms with Gasteiger partial charge in [0.2, 0.25) is 0 Å². The van der Waals surface area contributed by atoms with Crippen molar-refractivity contribution in [3.63, 3.8) is 0 Å². The molecule has 0 spiro atoms. The molecule has 1 aromatic heterocycles. The van der Waals surface area contributed by atoms with Crippen molar-refractivity contribution >= 4 is 0 Å². The van der Waals surface area contributed by atoms with Crippen LogP contribution in [0.25, 0.3) is 0 Å². The van der Waals surface area contributed by atoms with Crippen LogP contribution in [-0.4, -0.2) is 31.9 Å². The van der Waals surface area contributed by atoms with Gasteiger partial charge in [0.15, 0.2) is 5.82 Å². The number of aromatic nitrogens is 4. The van der Waals surface area contributed by atoms with Gasteiger partial charge in [-0.1, -0.05) is 12.1 Å². The maximum Gasteiger partial charge on any atom is 0.158 e. The minimum Gasteiger partial charge on any atom is -0.508 e. The molecule has 17 heavy (non-hydrogen) atoms. The molecular weight excluding hydrogens is 220 g/mol. The maximum absolute atomic E-state index is 9.37. The first kappa shape index (κ1) is 11.5. The summed E-state index contributed by atoms with van der Waals surface area (Å²) in [6, 6.07) is 7.03. The second-order valence-electron chi connectivity index (χ2n) is 3.56. The summed E-state index contributed by atoms with van der Waals surface area (Å²) in [6.45, 7) is 2.88. The number of phenols is 1. The van der Waals surface area contributed by atoms with E-state index in [1.807, 2.05) is 13.0 Å². The summed E-state index contributed by atoms with van der Waals surface area (Å²) >= 11 is 0. The van der Waals surface area contributed by atoms with Crippen LogP contribution in [0.1, 0.15) is 18.3 Å². The summed E-state index contributed by atoms with van der Waals surface area (Å²) in [5.74, 6) is 0.954. The van der Waals surface area contributed by atoms with E-state index in [1.165, 1.54) is 0 Å². The molecule has 2 rings (SSSR count). The number of ether oxygens (including phenoxy) is 1. The van der Waals surface area contributed by atoms with Crippen LogP contribution in [0, 0.1) is 0 Å². The molecule has 0 amide bonds. The molecule has 1 N–H and O–H groups in total. The van der Waals surface area contributed by atoms with E-state index in [1.54, 1.807) is 22.9 Å². The van der Waals surface area contributed by atoms with Gasteiger partial charge in [-0.3, -0.25) is 0 Å². The van der Waals surface area contributed by atoms with Gasteiger partial charge in [0.25, 0.3) is 0 Å². The summed E-state index contributed by atoms with van der Waals surface area (Å²) < 4.78 is 6.86. The van der Waals surface area contributed by atoms with E-state index in [0.29, 0.717) is 25.6 Å². The number of hydrogen-bond donors (Lipinski definition) is 1. The van der Waals surface area contributed by atoms with Gasteiger partial charge in [0.1, 0.15) is 12.5 Å². The van der Waals surface area contributed by atoms with E-state index >= 15 is 0 Å². The van der Waals surface area contributed by atoms with Gasteiger partial charge in [-0.05, 0) is 35.0 Å². The fourth-order valence-corrected chi connectivity index (χ4v) is 1.48. The number of nitrogens with zero attached hydrogens (tertiary/aromatic N) is 4. The minimum atomic E-state index is 0.242. The Bertz CT molecular complexity index is 484. The third-order valence-electron chi connectivity index (χ3n) is 2.30. The van der Waals surface area contributed by atoms with Crippen LogP contribution in [0.4, 0.5) is 0 Å². The first-order valence-corrected chi connectivity index (χ1v) is 5.40. The van der Waals surface area contributed by atoms with Crippen molar-refractivity contribution in [2.45, 2.75) is 20.1 Å². The van der Waals surface area contributed by atoms with Crippen molar-refractivity contribution in [2.75, 3.05) is 6.61 Å². The summed E-state index contributed by atoms with van der Waals surface area (Å²) in [5, 5.41) is 20.8. The maximum atomic E-state index is 9.37. The molecule has 0 aliphatic heterocycles. The van der Waals surface area contributed by atoms with Crippen molar-refractivity contribution < 1.29 is 9.84 Å². The number of rotatable bonds is 5. The molecule has 0 aliphatic rings. The van der Waals surface area contributed by atoms with Crippen molar-refractivity contribution in [3.8, 4) is 5.75 Å². The summed E-state index contributed by atoms with van der Waals surface area (Å²) in [6.07, 6.45) is 0.564. The highest BCUT2D eigenvalue weighted by molar-refractivity contribution is 5.28. The van der Waals surface area contributed by atoms with E-state index in [9.17, 15) is 5.11 Å². The molecule has 0 aliphatic carbocycles. The average Bonchev–Trinajstić information content (AvgIpc) is 2.74. The zero-order valence-electron chi connectivity index (χ0n) is 9.58. The Morgan fingerprint density at radius 2 is 2.29 bits per heavy atom. The van der Waals surface area contributed by atoms with Gasteiger partial charge >= 0.3 is 0 Å². The van der Waals surface area contributed by atoms with Crippen LogP contribution in [0.15, 0.2) is 24.3 Å². The van der Waals surface area contributed by atoms with Crippen LogP contribution >= 0.6 is 0 Å². The summed E-state index contributed by atoms with van der Waals surface area (Å²) in [7, 11) is 0. The van der Waals surface area contributed by atoms with Crippen molar-refractivity contribution in [1.82, 2.24) is 20.2 Å².